The first-order chi connectivity index (χ1) is 6.31. The van der Waals surface area contributed by atoms with Crippen molar-refractivity contribution in [3.05, 3.63) is 23.4 Å². The van der Waals surface area contributed by atoms with Gasteiger partial charge >= 0.3 is 0 Å². The smallest absolute Gasteiger partial charge is 0.213 e. The Kier molecular flexibility index (Phi) is 2.19. The summed E-state index contributed by atoms with van der Waals surface area (Å²) < 4.78 is 5.05. The van der Waals surface area contributed by atoms with Crippen LogP contribution in [0.25, 0.3) is 0 Å². The molecule has 1 unspecified atom stereocenters. The maximum absolute atomic E-state index is 5.05. The molecule has 1 N–H and O–H groups in total. The molecule has 0 radical (unpaired) electrons. The van der Waals surface area contributed by atoms with Gasteiger partial charge < -0.3 is 10.1 Å². The Morgan fingerprint density at radius 3 is 2.85 bits per heavy atom. The van der Waals surface area contributed by atoms with Crippen molar-refractivity contribution in [3.63, 3.8) is 0 Å². The molecule has 0 aliphatic carbocycles. The van der Waals surface area contributed by atoms with E-state index in [4.69, 9.17) is 4.74 Å². The molecule has 0 bridgehead atoms. The topological polar surface area (TPSA) is 34.1 Å². The number of hydrogen-bond acceptors (Lipinski definition) is 3. The molecule has 1 aromatic rings. The van der Waals surface area contributed by atoms with Gasteiger partial charge in [0.05, 0.1) is 7.11 Å². The standard InChI is InChI=1S/C10H14N2O/c1-7-5-10(13-2)12-6-8(7)9-3-4-11-9/h5-6,9,11H,3-4H2,1-2H3. The number of pyridine rings is 1. The molecule has 3 nitrogen and oxygen atoms in total. The third-order valence-corrected chi connectivity index (χ3v) is 2.53. The van der Waals surface area contributed by atoms with Gasteiger partial charge in [-0.1, -0.05) is 0 Å². The lowest BCUT2D eigenvalue weighted by molar-refractivity contribution is 0.375. The number of methoxy groups -OCH3 is 1. The second kappa shape index (κ2) is 3.34. The molecule has 70 valence electrons. The van der Waals surface area contributed by atoms with Crippen molar-refractivity contribution in [2.45, 2.75) is 19.4 Å². The maximum Gasteiger partial charge on any atom is 0.213 e. The zero-order chi connectivity index (χ0) is 9.26. The minimum Gasteiger partial charge on any atom is -0.481 e. The summed E-state index contributed by atoms with van der Waals surface area (Å²) in [5.74, 6) is 0.695. The van der Waals surface area contributed by atoms with Crippen LogP contribution in [-0.2, 0) is 0 Å². The van der Waals surface area contributed by atoms with Crippen molar-refractivity contribution in [2.75, 3.05) is 13.7 Å². The van der Waals surface area contributed by atoms with Gasteiger partial charge in [-0.3, -0.25) is 0 Å². The monoisotopic (exact) mass is 178 g/mol. The van der Waals surface area contributed by atoms with Crippen LogP contribution >= 0.6 is 0 Å². The Bertz CT molecular complexity index is 308. The molecule has 2 rings (SSSR count). The number of nitrogens with one attached hydrogen (secondary N) is 1. The normalized spacial score (nSPS) is 20.9. The van der Waals surface area contributed by atoms with Crippen LogP contribution in [0, 0.1) is 6.92 Å². The first kappa shape index (κ1) is 8.51. The van der Waals surface area contributed by atoms with E-state index in [1.165, 1.54) is 17.5 Å². The Morgan fingerprint density at radius 2 is 2.38 bits per heavy atom. The Balaban J connectivity index is 2.26. The predicted octanol–water partition coefficient (Wildman–Crippen LogP) is 1.43. The van der Waals surface area contributed by atoms with Gasteiger partial charge in [-0.15, -0.1) is 0 Å². The first-order valence-electron chi connectivity index (χ1n) is 4.55. The number of aryl methyl sites for hydroxylation is 1. The van der Waals surface area contributed by atoms with Crippen molar-refractivity contribution in [2.24, 2.45) is 0 Å². The van der Waals surface area contributed by atoms with E-state index in [0.29, 0.717) is 11.9 Å². The minimum atomic E-state index is 0.512. The Labute approximate surface area is 78.1 Å². The molecule has 1 aliphatic heterocycles. The number of rotatable bonds is 2. The van der Waals surface area contributed by atoms with Crippen LogP contribution in [0.1, 0.15) is 23.6 Å². The fourth-order valence-corrected chi connectivity index (χ4v) is 1.57. The molecular weight excluding hydrogens is 164 g/mol. The fourth-order valence-electron chi connectivity index (χ4n) is 1.57. The van der Waals surface area contributed by atoms with Gasteiger partial charge in [0.15, 0.2) is 0 Å². The number of ether oxygens (including phenoxy) is 1. The van der Waals surface area contributed by atoms with Crippen LogP contribution < -0.4 is 10.1 Å². The van der Waals surface area contributed by atoms with E-state index in [9.17, 15) is 0 Å². The largest absolute Gasteiger partial charge is 0.481 e. The summed E-state index contributed by atoms with van der Waals surface area (Å²) in [6.45, 7) is 3.22. The van der Waals surface area contributed by atoms with E-state index in [-0.39, 0.29) is 0 Å². The molecule has 2 heterocycles. The van der Waals surface area contributed by atoms with Crippen molar-refractivity contribution < 1.29 is 4.74 Å². The zero-order valence-electron chi connectivity index (χ0n) is 8.00. The summed E-state index contributed by atoms with van der Waals surface area (Å²) in [6.07, 6.45) is 3.12. The summed E-state index contributed by atoms with van der Waals surface area (Å²) in [7, 11) is 1.64. The summed E-state index contributed by atoms with van der Waals surface area (Å²) in [6, 6.07) is 2.49. The molecule has 1 aromatic heterocycles. The average molecular weight is 178 g/mol. The van der Waals surface area contributed by atoms with E-state index in [0.717, 1.165) is 6.54 Å². The molecule has 3 heteroatoms. The lowest BCUT2D eigenvalue weighted by Crippen LogP contribution is -2.35. The Hall–Kier alpha value is -1.09. The molecule has 1 saturated heterocycles. The quantitative estimate of drug-likeness (QED) is 0.744. The molecule has 1 fully saturated rings. The SMILES string of the molecule is COc1cc(C)c(C2CCN2)cn1. The van der Waals surface area contributed by atoms with Gasteiger partial charge in [0, 0.05) is 18.3 Å². The molecule has 0 amide bonds. The second-order valence-corrected chi connectivity index (χ2v) is 3.38. The first-order valence-corrected chi connectivity index (χ1v) is 4.55. The van der Waals surface area contributed by atoms with Gasteiger partial charge in [0.25, 0.3) is 0 Å². The molecule has 1 atom stereocenters. The van der Waals surface area contributed by atoms with E-state index in [1.54, 1.807) is 7.11 Å². The van der Waals surface area contributed by atoms with E-state index in [2.05, 4.69) is 17.2 Å². The average Bonchev–Trinajstić information content (AvgIpc) is 2.05. The number of aromatic nitrogens is 1. The Morgan fingerprint density at radius 1 is 1.62 bits per heavy atom. The van der Waals surface area contributed by atoms with Gasteiger partial charge in [-0.2, -0.15) is 0 Å². The van der Waals surface area contributed by atoms with Gasteiger partial charge in [-0.25, -0.2) is 4.98 Å². The lowest BCUT2D eigenvalue weighted by Gasteiger charge is -2.29. The lowest BCUT2D eigenvalue weighted by atomic mass is 9.96. The highest BCUT2D eigenvalue weighted by atomic mass is 16.5. The van der Waals surface area contributed by atoms with Crippen molar-refractivity contribution in [1.29, 1.82) is 0 Å². The van der Waals surface area contributed by atoms with Crippen LogP contribution in [0.3, 0.4) is 0 Å². The third-order valence-electron chi connectivity index (χ3n) is 2.53. The van der Waals surface area contributed by atoms with Gasteiger partial charge in [0.2, 0.25) is 5.88 Å². The molecule has 0 aromatic carbocycles. The van der Waals surface area contributed by atoms with Gasteiger partial charge in [-0.05, 0) is 31.0 Å². The summed E-state index contributed by atoms with van der Waals surface area (Å²) in [5.41, 5.74) is 2.55. The van der Waals surface area contributed by atoms with Crippen molar-refractivity contribution >= 4 is 0 Å². The van der Waals surface area contributed by atoms with Crippen LogP contribution in [0.2, 0.25) is 0 Å². The maximum atomic E-state index is 5.05. The summed E-state index contributed by atoms with van der Waals surface area (Å²) in [4.78, 5) is 4.20. The van der Waals surface area contributed by atoms with Crippen LogP contribution in [0.15, 0.2) is 12.3 Å². The second-order valence-electron chi connectivity index (χ2n) is 3.38. The summed E-state index contributed by atoms with van der Waals surface area (Å²) >= 11 is 0. The van der Waals surface area contributed by atoms with Crippen LogP contribution in [0.4, 0.5) is 0 Å². The third kappa shape index (κ3) is 1.52. The molecule has 0 spiro atoms. The predicted molar refractivity (Wildman–Crippen MR) is 50.9 cm³/mol. The molecule has 13 heavy (non-hydrogen) atoms. The van der Waals surface area contributed by atoms with Crippen LogP contribution in [0.5, 0.6) is 5.88 Å². The van der Waals surface area contributed by atoms with Crippen molar-refractivity contribution in [1.82, 2.24) is 10.3 Å². The van der Waals surface area contributed by atoms with Crippen molar-refractivity contribution in [3.8, 4) is 5.88 Å². The highest BCUT2D eigenvalue weighted by Gasteiger charge is 2.20. The van der Waals surface area contributed by atoms with Gasteiger partial charge in [0.1, 0.15) is 0 Å². The molecule has 1 aliphatic rings. The zero-order valence-corrected chi connectivity index (χ0v) is 8.00. The van der Waals surface area contributed by atoms with Crippen LogP contribution in [-0.4, -0.2) is 18.6 Å². The van der Waals surface area contributed by atoms with E-state index in [1.807, 2.05) is 12.3 Å². The highest BCUT2D eigenvalue weighted by molar-refractivity contribution is 5.31. The number of nitrogens with zero attached hydrogens (tertiary/aromatic N) is 1. The molecular formula is C10H14N2O. The fraction of sp³-hybridized carbons (Fsp3) is 0.500. The summed E-state index contributed by atoms with van der Waals surface area (Å²) in [5, 5.41) is 3.36. The minimum absolute atomic E-state index is 0.512. The molecule has 0 saturated carbocycles. The van der Waals surface area contributed by atoms with E-state index < -0.39 is 0 Å². The van der Waals surface area contributed by atoms with E-state index >= 15 is 0 Å². The number of hydrogen-bond donors (Lipinski definition) is 1. The highest BCUT2D eigenvalue weighted by Crippen LogP contribution is 2.26.